The van der Waals surface area contributed by atoms with Crippen molar-refractivity contribution in [3.63, 3.8) is 0 Å². The fraction of sp³-hybridized carbons (Fsp3) is 0.360. The maximum absolute atomic E-state index is 5.89. The summed E-state index contributed by atoms with van der Waals surface area (Å²) in [5, 5.41) is 0. The van der Waals surface area contributed by atoms with Gasteiger partial charge in [0.1, 0.15) is 11.5 Å². The molecule has 2 heteroatoms. The van der Waals surface area contributed by atoms with Crippen LogP contribution in [0.4, 0.5) is 0 Å². The summed E-state index contributed by atoms with van der Waals surface area (Å²) in [5.41, 5.74) is 7.60. The van der Waals surface area contributed by atoms with Crippen LogP contribution in [0.3, 0.4) is 0 Å². The van der Waals surface area contributed by atoms with E-state index >= 15 is 0 Å². The Morgan fingerprint density at radius 1 is 0.778 bits per heavy atom. The molecule has 2 nitrogen and oxygen atoms in total. The van der Waals surface area contributed by atoms with Crippen LogP contribution in [0.25, 0.3) is 12.2 Å². The maximum Gasteiger partial charge on any atom is 0.129 e. The van der Waals surface area contributed by atoms with Crippen molar-refractivity contribution in [2.24, 2.45) is 11.8 Å². The Morgan fingerprint density at radius 3 is 1.56 bits per heavy atom. The lowest BCUT2D eigenvalue weighted by molar-refractivity contribution is -0.0132. The highest BCUT2D eigenvalue weighted by molar-refractivity contribution is 5.66. The summed E-state index contributed by atoms with van der Waals surface area (Å²) in [6.07, 6.45) is 7.41. The fourth-order valence-electron chi connectivity index (χ4n) is 5.87. The number of benzene rings is 2. The molecule has 0 saturated heterocycles. The van der Waals surface area contributed by atoms with Gasteiger partial charge in [-0.15, -0.1) is 0 Å². The van der Waals surface area contributed by atoms with Crippen LogP contribution in [0.5, 0.6) is 11.5 Å². The third-order valence-corrected chi connectivity index (χ3v) is 7.08. The molecule has 2 saturated carbocycles. The van der Waals surface area contributed by atoms with Gasteiger partial charge in [-0.2, -0.15) is 0 Å². The number of hydrogen-bond acceptors (Lipinski definition) is 2. The van der Waals surface area contributed by atoms with E-state index in [9.17, 15) is 0 Å². The molecule has 4 unspecified atom stereocenters. The van der Waals surface area contributed by atoms with Crippen molar-refractivity contribution in [1.29, 1.82) is 0 Å². The molecular formula is C25H26O2. The third kappa shape index (κ3) is 2.19. The van der Waals surface area contributed by atoms with Gasteiger partial charge in [0.2, 0.25) is 0 Å². The second-order valence-corrected chi connectivity index (χ2v) is 8.16. The van der Waals surface area contributed by atoms with Crippen molar-refractivity contribution in [3.8, 4) is 11.5 Å². The number of ether oxygens (including phenoxy) is 2. The summed E-state index contributed by atoms with van der Waals surface area (Å²) in [5.74, 6) is 4.53. The molecule has 0 amide bonds. The van der Waals surface area contributed by atoms with Gasteiger partial charge in [-0.25, -0.2) is 0 Å². The maximum atomic E-state index is 5.89. The van der Waals surface area contributed by atoms with Gasteiger partial charge in [0.25, 0.3) is 0 Å². The molecule has 0 heterocycles. The van der Waals surface area contributed by atoms with Gasteiger partial charge in [0, 0.05) is 11.1 Å². The molecular weight excluding hydrogens is 332 g/mol. The molecule has 3 aliphatic rings. The zero-order valence-corrected chi connectivity index (χ0v) is 16.1. The normalized spacial score (nSPS) is 26.7. The summed E-state index contributed by atoms with van der Waals surface area (Å²) < 4.78 is 11.8. The van der Waals surface area contributed by atoms with Crippen LogP contribution in [-0.4, -0.2) is 14.2 Å². The van der Waals surface area contributed by atoms with Crippen LogP contribution in [0.15, 0.2) is 37.4 Å². The smallest absolute Gasteiger partial charge is 0.129 e. The van der Waals surface area contributed by atoms with E-state index in [1.54, 1.807) is 14.2 Å². The van der Waals surface area contributed by atoms with E-state index in [0.29, 0.717) is 11.8 Å². The average molecular weight is 358 g/mol. The standard InChI is InChI=1S/C25H26O2/c1-5-16-10-14-9-15-11-17(6-2)25(27-4)21(13-15)23-19-8-7-18(19)22(23)20(12-14)24(16)26-3/h5-6,10-13,18-19,22-23H,1-2,7-9H2,3-4H3. The van der Waals surface area contributed by atoms with Crippen LogP contribution < -0.4 is 9.47 Å². The minimum atomic E-state index is 0.497. The lowest BCUT2D eigenvalue weighted by Gasteiger charge is -2.60. The monoisotopic (exact) mass is 358 g/mol. The molecule has 2 aromatic carbocycles. The topological polar surface area (TPSA) is 18.5 Å². The molecule has 4 atom stereocenters. The Balaban J connectivity index is 1.79. The SMILES string of the molecule is C=Cc1cc2cc(c1OC)C1C3CCC3C1c1cc(cc(C=C)c1OC)C2. The number of rotatable bonds is 4. The second kappa shape index (κ2) is 6.02. The van der Waals surface area contributed by atoms with Gasteiger partial charge >= 0.3 is 0 Å². The molecule has 138 valence electrons. The van der Waals surface area contributed by atoms with E-state index in [4.69, 9.17) is 9.47 Å². The van der Waals surface area contributed by atoms with E-state index in [1.807, 2.05) is 12.2 Å². The molecule has 0 aliphatic heterocycles. The third-order valence-electron chi connectivity index (χ3n) is 7.08. The van der Waals surface area contributed by atoms with Crippen LogP contribution >= 0.6 is 0 Å². The minimum absolute atomic E-state index is 0.497. The summed E-state index contributed by atoms with van der Waals surface area (Å²) in [7, 11) is 3.57. The Hall–Kier alpha value is -2.48. The van der Waals surface area contributed by atoms with Crippen molar-refractivity contribution in [1.82, 2.24) is 0 Å². The van der Waals surface area contributed by atoms with E-state index in [0.717, 1.165) is 40.9 Å². The number of hydrogen-bond donors (Lipinski definition) is 0. The van der Waals surface area contributed by atoms with E-state index < -0.39 is 0 Å². The first kappa shape index (κ1) is 16.7. The molecule has 0 radical (unpaired) electrons. The average Bonchev–Trinajstić information content (AvgIpc) is 2.69. The largest absolute Gasteiger partial charge is 0.496 e. The lowest BCUT2D eigenvalue weighted by atomic mass is 9.44. The summed E-state index contributed by atoms with van der Waals surface area (Å²) in [6, 6.07) is 9.22. The molecule has 0 aromatic heterocycles. The van der Waals surface area contributed by atoms with E-state index in [1.165, 1.54) is 35.1 Å². The number of methoxy groups -OCH3 is 2. The predicted molar refractivity (Wildman–Crippen MR) is 111 cm³/mol. The molecule has 2 aromatic rings. The Kier molecular flexibility index (Phi) is 3.72. The van der Waals surface area contributed by atoms with Gasteiger partial charge in [0.15, 0.2) is 0 Å². The highest BCUT2D eigenvalue weighted by Gasteiger charge is 2.57. The molecule has 0 spiro atoms. The highest BCUT2D eigenvalue weighted by Crippen LogP contribution is 2.69. The van der Waals surface area contributed by atoms with Crippen molar-refractivity contribution < 1.29 is 9.47 Å². The van der Waals surface area contributed by atoms with Crippen molar-refractivity contribution in [2.45, 2.75) is 31.1 Å². The Labute approximate surface area is 161 Å². The van der Waals surface area contributed by atoms with Crippen LogP contribution in [0.2, 0.25) is 0 Å². The first-order valence-electron chi connectivity index (χ1n) is 9.86. The van der Waals surface area contributed by atoms with Crippen molar-refractivity contribution >= 4 is 12.2 Å². The second-order valence-electron chi connectivity index (χ2n) is 8.16. The van der Waals surface area contributed by atoms with Gasteiger partial charge in [-0.3, -0.25) is 0 Å². The molecule has 4 bridgehead atoms. The quantitative estimate of drug-likeness (QED) is 0.687. The Morgan fingerprint density at radius 2 is 1.22 bits per heavy atom. The molecule has 2 fully saturated rings. The van der Waals surface area contributed by atoms with Crippen LogP contribution in [-0.2, 0) is 6.42 Å². The minimum Gasteiger partial charge on any atom is -0.496 e. The lowest BCUT2D eigenvalue weighted by Crippen LogP contribution is -2.50. The summed E-state index contributed by atoms with van der Waals surface area (Å²) >= 11 is 0. The van der Waals surface area contributed by atoms with E-state index in [-0.39, 0.29) is 0 Å². The van der Waals surface area contributed by atoms with Gasteiger partial charge in [-0.05, 0) is 77.3 Å². The van der Waals surface area contributed by atoms with Crippen LogP contribution in [0, 0.1) is 11.8 Å². The van der Waals surface area contributed by atoms with Crippen LogP contribution in [0.1, 0.15) is 58.1 Å². The molecule has 0 N–H and O–H groups in total. The van der Waals surface area contributed by atoms with E-state index in [2.05, 4.69) is 37.4 Å². The zero-order chi connectivity index (χ0) is 18.7. The Bertz CT molecular complexity index is 878. The summed E-state index contributed by atoms with van der Waals surface area (Å²) in [4.78, 5) is 0. The van der Waals surface area contributed by atoms with Gasteiger partial charge < -0.3 is 9.47 Å². The first-order chi connectivity index (χ1) is 13.2. The number of fused-ring (bicyclic) bond motifs is 10. The zero-order valence-electron chi connectivity index (χ0n) is 16.1. The summed E-state index contributed by atoms with van der Waals surface area (Å²) in [6.45, 7) is 8.07. The first-order valence-corrected chi connectivity index (χ1v) is 9.86. The molecule has 3 aliphatic carbocycles. The molecule has 27 heavy (non-hydrogen) atoms. The predicted octanol–water partition coefficient (Wildman–Crippen LogP) is 5.80. The van der Waals surface area contributed by atoms with Gasteiger partial charge in [0.05, 0.1) is 14.2 Å². The van der Waals surface area contributed by atoms with Gasteiger partial charge in [-0.1, -0.05) is 37.4 Å². The van der Waals surface area contributed by atoms with Crippen molar-refractivity contribution in [3.05, 3.63) is 70.8 Å². The fourth-order valence-corrected chi connectivity index (χ4v) is 5.87. The highest BCUT2D eigenvalue weighted by atomic mass is 16.5. The molecule has 5 rings (SSSR count). The van der Waals surface area contributed by atoms with Crippen molar-refractivity contribution in [2.75, 3.05) is 14.2 Å².